The second kappa shape index (κ2) is 14.4. The van der Waals surface area contributed by atoms with Gasteiger partial charge in [0.1, 0.15) is 23.0 Å². The number of imide groups is 1. The Morgan fingerprint density at radius 3 is 1.62 bits per heavy atom. The summed E-state index contributed by atoms with van der Waals surface area (Å²) in [4.78, 5) is 63.1. The van der Waals surface area contributed by atoms with Crippen molar-refractivity contribution in [3.8, 4) is 23.0 Å². The van der Waals surface area contributed by atoms with Gasteiger partial charge in [0.05, 0.1) is 18.4 Å². The highest BCUT2D eigenvalue weighted by Crippen LogP contribution is 2.31. The first-order chi connectivity index (χ1) is 24.2. The van der Waals surface area contributed by atoms with Crippen LogP contribution in [0.4, 0.5) is 17.1 Å². The number of carbonyl (C=O) groups excluding carboxylic acids is 5. The van der Waals surface area contributed by atoms with Crippen LogP contribution >= 0.6 is 0 Å². The first-order valence-corrected chi connectivity index (χ1v) is 15.3. The molecule has 2 N–H and O–H groups in total. The molecule has 0 fully saturated rings. The lowest BCUT2D eigenvalue weighted by Crippen LogP contribution is -2.30. The molecule has 0 spiro atoms. The monoisotopic (exact) mass is 667 g/mol. The molecule has 1 aliphatic rings. The summed E-state index contributed by atoms with van der Waals surface area (Å²) in [5.74, 6) is -0.247. The van der Waals surface area contributed by atoms with Crippen molar-refractivity contribution in [1.29, 1.82) is 0 Å². The summed E-state index contributed by atoms with van der Waals surface area (Å²) in [5, 5.41) is 5.64. The van der Waals surface area contributed by atoms with Crippen LogP contribution in [0.2, 0.25) is 0 Å². The van der Waals surface area contributed by atoms with E-state index in [-0.39, 0.29) is 11.5 Å². The maximum absolute atomic E-state index is 13.0. The van der Waals surface area contributed by atoms with Crippen LogP contribution in [-0.4, -0.2) is 36.7 Å². The van der Waals surface area contributed by atoms with E-state index in [1.165, 1.54) is 19.3 Å². The Morgan fingerprint density at radius 2 is 1.08 bits per heavy atom. The van der Waals surface area contributed by atoms with Crippen LogP contribution in [0.1, 0.15) is 38.0 Å². The fraction of sp³-hybridized carbons (Fsp3) is 0.0513. The third kappa shape index (κ3) is 7.58. The molecule has 1 heterocycles. The summed E-state index contributed by atoms with van der Waals surface area (Å²) in [6, 6.07) is 33.1. The lowest BCUT2D eigenvalue weighted by molar-refractivity contribution is -0.120. The van der Waals surface area contributed by atoms with Gasteiger partial charge in [0.15, 0.2) is 0 Å². The van der Waals surface area contributed by atoms with E-state index < -0.39 is 23.7 Å². The zero-order valence-electron chi connectivity index (χ0n) is 26.8. The molecule has 5 aromatic carbocycles. The number of ether oxygens (including phenoxy) is 3. The highest BCUT2D eigenvalue weighted by molar-refractivity contribution is 6.30. The molecule has 0 radical (unpaired) electrons. The number of nitrogens with one attached hydrogen (secondary N) is 2. The van der Waals surface area contributed by atoms with Gasteiger partial charge in [0, 0.05) is 52.3 Å². The largest absolute Gasteiger partial charge is 0.465 e. The minimum Gasteiger partial charge on any atom is -0.465 e. The Balaban J connectivity index is 1.07. The van der Waals surface area contributed by atoms with Crippen LogP contribution in [-0.2, 0) is 14.3 Å². The van der Waals surface area contributed by atoms with Crippen molar-refractivity contribution in [2.45, 2.75) is 6.92 Å². The van der Waals surface area contributed by atoms with Crippen LogP contribution in [0.15, 0.2) is 133 Å². The predicted molar refractivity (Wildman–Crippen MR) is 186 cm³/mol. The van der Waals surface area contributed by atoms with E-state index in [1.54, 1.807) is 122 Å². The van der Waals surface area contributed by atoms with Gasteiger partial charge in [-0.3, -0.25) is 19.2 Å². The Morgan fingerprint density at radius 1 is 0.580 bits per heavy atom. The van der Waals surface area contributed by atoms with Crippen molar-refractivity contribution in [3.63, 3.8) is 0 Å². The molecule has 0 saturated heterocycles. The fourth-order valence-corrected chi connectivity index (χ4v) is 5.05. The number of methoxy groups -OCH3 is 1. The van der Waals surface area contributed by atoms with Crippen LogP contribution in [0.5, 0.6) is 23.0 Å². The van der Waals surface area contributed by atoms with E-state index in [1.807, 2.05) is 0 Å². The molecule has 0 unspecified atom stereocenters. The van der Waals surface area contributed by atoms with Crippen LogP contribution in [0, 0.1) is 0 Å². The molecule has 11 nitrogen and oxygen atoms in total. The molecule has 0 atom stereocenters. The van der Waals surface area contributed by atoms with E-state index in [4.69, 9.17) is 14.2 Å². The summed E-state index contributed by atoms with van der Waals surface area (Å²) >= 11 is 0. The van der Waals surface area contributed by atoms with E-state index in [2.05, 4.69) is 10.6 Å². The van der Waals surface area contributed by atoms with Crippen molar-refractivity contribution >= 4 is 46.7 Å². The third-order valence-corrected chi connectivity index (χ3v) is 7.50. The predicted octanol–water partition coefficient (Wildman–Crippen LogP) is 7.38. The van der Waals surface area contributed by atoms with Gasteiger partial charge in [-0.05, 0) is 85.8 Å². The highest BCUT2D eigenvalue weighted by atomic mass is 16.5. The van der Waals surface area contributed by atoms with Crippen molar-refractivity contribution in [2.24, 2.45) is 0 Å². The second-order valence-corrected chi connectivity index (χ2v) is 11.1. The van der Waals surface area contributed by atoms with E-state index in [0.717, 1.165) is 4.90 Å². The van der Waals surface area contributed by atoms with E-state index in [9.17, 15) is 24.0 Å². The molecule has 1 aliphatic heterocycles. The molecule has 6 rings (SSSR count). The first-order valence-electron chi connectivity index (χ1n) is 15.3. The van der Waals surface area contributed by atoms with Gasteiger partial charge in [-0.2, -0.15) is 0 Å². The van der Waals surface area contributed by atoms with Crippen LogP contribution in [0.25, 0.3) is 0 Å². The molecule has 0 aromatic heterocycles. The minimum atomic E-state index is -0.536. The maximum atomic E-state index is 13.0. The number of carbonyl (C=O) groups is 5. The quantitative estimate of drug-likeness (QED) is 0.116. The number of hydrogen-bond acceptors (Lipinski definition) is 8. The summed E-state index contributed by atoms with van der Waals surface area (Å²) in [5.41, 5.74) is 2.62. The molecule has 0 bridgehead atoms. The normalized spacial score (nSPS) is 12.2. The number of esters is 1. The number of anilines is 3. The van der Waals surface area contributed by atoms with Gasteiger partial charge in [0.25, 0.3) is 23.6 Å². The highest BCUT2D eigenvalue weighted by Gasteiger charge is 2.29. The topological polar surface area (TPSA) is 140 Å². The van der Waals surface area contributed by atoms with Gasteiger partial charge in [-0.1, -0.05) is 24.3 Å². The lowest BCUT2D eigenvalue weighted by Gasteiger charge is -2.15. The van der Waals surface area contributed by atoms with Crippen LogP contribution in [0.3, 0.4) is 0 Å². The molecule has 4 amide bonds. The third-order valence-electron chi connectivity index (χ3n) is 7.50. The van der Waals surface area contributed by atoms with Crippen molar-refractivity contribution < 1.29 is 38.2 Å². The Labute approximate surface area is 286 Å². The molecule has 50 heavy (non-hydrogen) atoms. The molecule has 11 heteroatoms. The SMILES string of the molecule is COC(=O)c1cccc(C(=O)Nc2cccc(Oc3cccc(Oc4cccc(NC(=O)c5ccc(N6C(=O)C=C(C)C6=O)cc5)c4)c3)c2)c1. The Hall–Kier alpha value is -7.01. The summed E-state index contributed by atoms with van der Waals surface area (Å²) in [6.07, 6.45) is 1.28. The molecule has 0 aliphatic carbocycles. The second-order valence-electron chi connectivity index (χ2n) is 11.1. The smallest absolute Gasteiger partial charge is 0.337 e. The number of hydrogen-bond donors (Lipinski definition) is 2. The lowest BCUT2D eigenvalue weighted by atomic mass is 10.1. The molecule has 0 saturated carbocycles. The minimum absolute atomic E-state index is 0.267. The zero-order chi connectivity index (χ0) is 35.2. The van der Waals surface area contributed by atoms with Crippen molar-refractivity contribution in [1.82, 2.24) is 0 Å². The number of amides is 4. The molecule has 248 valence electrons. The molecular weight excluding hydrogens is 638 g/mol. The average molecular weight is 668 g/mol. The Kier molecular flexibility index (Phi) is 9.48. The Bertz CT molecular complexity index is 2170. The van der Waals surface area contributed by atoms with Gasteiger partial charge >= 0.3 is 5.97 Å². The average Bonchev–Trinajstić information content (AvgIpc) is 3.38. The van der Waals surface area contributed by atoms with Crippen molar-refractivity contribution in [3.05, 3.63) is 150 Å². The van der Waals surface area contributed by atoms with Gasteiger partial charge in [-0.15, -0.1) is 0 Å². The van der Waals surface area contributed by atoms with Crippen molar-refractivity contribution in [2.75, 3.05) is 22.6 Å². The standard InChI is InChI=1S/C39H29N3O8/c1-24-19-35(43)42(38(24)46)30-17-15-25(16-18-30)36(44)40-28-9-4-11-31(21-28)49-33-13-6-14-34(23-33)50-32-12-5-10-29(22-32)41-37(45)26-7-3-8-27(20-26)39(47)48-2/h3-23H,1-2H3,(H,40,44)(H,41,45). The number of nitrogens with zero attached hydrogens (tertiary/aromatic N) is 1. The van der Waals surface area contributed by atoms with Gasteiger partial charge in [0.2, 0.25) is 0 Å². The molecule has 5 aromatic rings. The summed E-state index contributed by atoms with van der Waals surface area (Å²) < 4.78 is 16.8. The fourth-order valence-electron chi connectivity index (χ4n) is 5.05. The van der Waals surface area contributed by atoms with E-state index >= 15 is 0 Å². The van der Waals surface area contributed by atoms with Gasteiger partial charge < -0.3 is 24.8 Å². The number of rotatable bonds is 10. The maximum Gasteiger partial charge on any atom is 0.337 e. The summed E-state index contributed by atoms with van der Waals surface area (Å²) in [7, 11) is 1.28. The van der Waals surface area contributed by atoms with Gasteiger partial charge in [-0.25, -0.2) is 9.69 Å². The first kappa shape index (κ1) is 32.9. The zero-order valence-corrected chi connectivity index (χ0v) is 26.8. The van der Waals surface area contributed by atoms with E-state index in [0.29, 0.717) is 56.8 Å². The van der Waals surface area contributed by atoms with Crippen LogP contribution < -0.4 is 25.0 Å². The number of benzene rings is 5. The molecular formula is C39H29N3O8. The summed E-state index contributed by atoms with van der Waals surface area (Å²) in [6.45, 7) is 1.58.